The van der Waals surface area contributed by atoms with Gasteiger partial charge in [0.15, 0.2) is 0 Å². The zero-order valence-corrected chi connectivity index (χ0v) is 14.6. The predicted octanol–water partition coefficient (Wildman–Crippen LogP) is 5.15. The van der Waals surface area contributed by atoms with Crippen molar-refractivity contribution in [2.75, 3.05) is 5.32 Å². The third kappa shape index (κ3) is 3.21. The van der Waals surface area contributed by atoms with E-state index >= 15 is 0 Å². The van der Waals surface area contributed by atoms with E-state index in [1.54, 1.807) is 6.07 Å². The van der Waals surface area contributed by atoms with Gasteiger partial charge in [0.25, 0.3) is 0 Å². The van der Waals surface area contributed by atoms with Crippen molar-refractivity contribution in [3.8, 4) is 0 Å². The molecule has 0 amide bonds. The summed E-state index contributed by atoms with van der Waals surface area (Å²) in [7, 11) is 0. The SMILES string of the molecule is Cc1ccccc1NCc1cc(=O)oc2cc(C)c(C(C)C)cc12. The van der Waals surface area contributed by atoms with Crippen LogP contribution in [0.4, 0.5) is 5.69 Å². The van der Waals surface area contributed by atoms with Gasteiger partial charge in [-0.15, -0.1) is 0 Å². The number of benzene rings is 2. The third-order valence-electron chi connectivity index (χ3n) is 4.45. The normalized spacial score (nSPS) is 11.2. The van der Waals surface area contributed by atoms with Crippen LogP contribution in [0.2, 0.25) is 0 Å². The number of rotatable bonds is 4. The summed E-state index contributed by atoms with van der Waals surface area (Å²) >= 11 is 0. The van der Waals surface area contributed by atoms with Gasteiger partial charge >= 0.3 is 5.63 Å². The van der Waals surface area contributed by atoms with E-state index < -0.39 is 0 Å². The first kappa shape index (κ1) is 16.3. The second-order valence-electron chi connectivity index (χ2n) is 6.62. The zero-order valence-electron chi connectivity index (χ0n) is 14.6. The van der Waals surface area contributed by atoms with Crippen molar-refractivity contribution in [1.29, 1.82) is 0 Å². The predicted molar refractivity (Wildman–Crippen MR) is 99.8 cm³/mol. The molecule has 124 valence electrons. The summed E-state index contributed by atoms with van der Waals surface area (Å²) in [6.07, 6.45) is 0. The Morgan fingerprint density at radius 3 is 2.50 bits per heavy atom. The molecule has 0 atom stereocenters. The van der Waals surface area contributed by atoms with E-state index in [2.05, 4.69) is 45.1 Å². The number of hydrogen-bond donors (Lipinski definition) is 1. The van der Waals surface area contributed by atoms with Crippen molar-refractivity contribution in [3.63, 3.8) is 0 Å². The third-order valence-corrected chi connectivity index (χ3v) is 4.45. The molecule has 0 saturated heterocycles. The molecule has 0 unspecified atom stereocenters. The number of fused-ring (bicyclic) bond motifs is 1. The molecule has 0 spiro atoms. The van der Waals surface area contributed by atoms with Crippen LogP contribution < -0.4 is 10.9 Å². The Bertz CT molecular complexity index is 938. The Balaban J connectivity index is 2.04. The summed E-state index contributed by atoms with van der Waals surface area (Å²) in [5.74, 6) is 0.429. The molecule has 1 aromatic heterocycles. The minimum atomic E-state index is -0.305. The van der Waals surface area contributed by atoms with Crippen LogP contribution in [-0.4, -0.2) is 0 Å². The highest BCUT2D eigenvalue weighted by molar-refractivity contribution is 5.82. The molecule has 3 rings (SSSR count). The van der Waals surface area contributed by atoms with Gasteiger partial charge in [-0.1, -0.05) is 32.0 Å². The van der Waals surface area contributed by atoms with Gasteiger partial charge in [-0.25, -0.2) is 4.79 Å². The van der Waals surface area contributed by atoms with Gasteiger partial charge in [-0.2, -0.15) is 0 Å². The lowest BCUT2D eigenvalue weighted by Gasteiger charge is -2.14. The molecule has 3 nitrogen and oxygen atoms in total. The van der Waals surface area contributed by atoms with E-state index in [1.807, 2.05) is 24.3 Å². The number of hydrogen-bond acceptors (Lipinski definition) is 3. The van der Waals surface area contributed by atoms with E-state index in [4.69, 9.17) is 4.42 Å². The van der Waals surface area contributed by atoms with Gasteiger partial charge in [-0.05, 0) is 60.2 Å². The monoisotopic (exact) mass is 321 g/mol. The van der Waals surface area contributed by atoms with Gasteiger partial charge in [-0.3, -0.25) is 0 Å². The van der Waals surface area contributed by atoms with E-state index in [0.29, 0.717) is 18.0 Å². The molecule has 0 aliphatic heterocycles. The summed E-state index contributed by atoms with van der Waals surface area (Å²) in [6.45, 7) is 9.08. The minimum Gasteiger partial charge on any atom is -0.423 e. The summed E-state index contributed by atoms with van der Waals surface area (Å²) < 4.78 is 5.41. The second-order valence-corrected chi connectivity index (χ2v) is 6.62. The average molecular weight is 321 g/mol. The molecule has 0 aliphatic rings. The first-order valence-electron chi connectivity index (χ1n) is 8.32. The van der Waals surface area contributed by atoms with Crippen molar-refractivity contribution in [1.82, 2.24) is 0 Å². The van der Waals surface area contributed by atoms with Crippen molar-refractivity contribution in [3.05, 3.63) is 75.1 Å². The van der Waals surface area contributed by atoms with Crippen molar-refractivity contribution >= 4 is 16.7 Å². The first-order valence-corrected chi connectivity index (χ1v) is 8.32. The molecule has 3 heteroatoms. The van der Waals surface area contributed by atoms with Crippen LogP contribution in [0.1, 0.15) is 42.0 Å². The number of nitrogens with one attached hydrogen (secondary N) is 1. The smallest absolute Gasteiger partial charge is 0.336 e. The van der Waals surface area contributed by atoms with Crippen molar-refractivity contribution in [2.24, 2.45) is 0 Å². The quantitative estimate of drug-likeness (QED) is 0.676. The Morgan fingerprint density at radius 2 is 1.79 bits per heavy atom. The molecule has 0 radical (unpaired) electrons. The second kappa shape index (κ2) is 6.52. The van der Waals surface area contributed by atoms with Gasteiger partial charge in [0, 0.05) is 23.7 Å². The van der Waals surface area contributed by atoms with Gasteiger partial charge in [0.1, 0.15) is 5.58 Å². The maximum Gasteiger partial charge on any atom is 0.336 e. The Labute approximate surface area is 142 Å². The van der Waals surface area contributed by atoms with E-state index in [9.17, 15) is 4.79 Å². The fourth-order valence-corrected chi connectivity index (χ4v) is 3.12. The summed E-state index contributed by atoms with van der Waals surface area (Å²) in [6, 6.07) is 13.9. The van der Waals surface area contributed by atoms with Crippen molar-refractivity contribution in [2.45, 2.75) is 40.2 Å². The molecule has 0 aliphatic carbocycles. The standard InChI is InChI=1S/C21H23NO2/c1-13(2)17-11-18-16(10-21(23)24-20(18)9-15(17)4)12-22-19-8-6-5-7-14(19)3/h5-11,13,22H,12H2,1-4H3. The molecular formula is C21H23NO2. The van der Waals surface area contributed by atoms with Crippen LogP contribution in [0.25, 0.3) is 11.0 Å². The summed E-state index contributed by atoms with van der Waals surface area (Å²) in [5, 5.41) is 4.44. The van der Waals surface area contributed by atoms with Crippen LogP contribution in [-0.2, 0) is 6.54 Å². The number of para-hydroxylation sites is 1. The molecule has 24 heavy (non-hydrogen) atoms. The molecule has 0 saturated carbocycles. The minimum absolute atomic E-state index is 0.305. The van der Waals surface area contributed by atoms with E-state index in [-0.39, 0.29) is 5.63 Å². The molecular weight excluding hydrogens is 298 g/mol. The maximum atomic E-state index is 11.9. The van der Waals surface area contributed by atoms with E-state index in [1.165, 1.54) is 11.1 Å². The molecule has 0 bridgehead atoms. The Hall–Kier alpha value is -2.55. The lowest BCUT2D eigenvalue weighted by atomic mass is 9.95. The lowest BCUT2D eigenvalue weighted by Crippen LogP contribution is -2.07. The van der Waals surface area contributed by atoms with E-state index in [0.717, 1.165) is 22.2 Å². The highest BCUT2D eigenvalue weighted by atomic mass is 16.4. The Kier molecular flexibility index (Phi) is 4.43. The Morgan fingerprint density at radius 1 is 1.04 bits per heavy atom. The molecule has 2 aromatic carbocycles. The van der Waals surface area contributed by atoms with Crippen LogP contribution >= 0.6 is 0 Å². The van der Waals surface area contributed by atoms with Crippen LogP contribution in [0.15, 0.2) is 51.7 Å². The first-order chi connectivity index (χ1) is 11.5. The van der Waals surface area contributed by atoms with Crippen LogP contribution in [0.5, 0.6) is 0 Å². The molecule has 1 heterocycles. The zero-order chi connectivity index (χ0) is 17.3. The van der Waals surface area contributed by atoms with Gasteiger partial charge < -0.3 is 9.73 Å². The largest absolute Gasteiger partial charge is 0.423 e. The fourth-order valence-electron chi connectivity index (χ4n) is 3.12. The molecule has 3 aromatic rings. The maximum absolute atomic E-state index is 11.9. The fraction of sp³-hybridized carbons (Fsp3) is 0.286. The van der Waals surface area contributed by atoms with Crippen LogP contribution in [0.3, 0.4) is 0 Å². The van der Waals surface area contributed by atoms with Gasteiger partial charge in [0.2, 0.25) is 0 Å². The number of anilines is 1. The number of aryl methyl sites for hydroxylation is 2. The molecule has 0 fully saturated rings. The molecule has 1 N–H and O–H groups in total. The highest BCUT2D eigenvalue weighted by Gasteiger charge is 2.11. The topological polar surface area (TPSA) is 42.2 Å². The highest BCUT2D eigenvalue weighted by Crippen LogP contribution is 2.27. The van der Waals surface area contributed by atoms with Crippen LogP contribution in [0, 0.1) is 13.8 Å². The van der Waals surface area contributed by atoms with Gasteiger partial charge in [0.05, 0.1) is 0 Å². The lowest BCUT2D eigenvalue weighted by molar-refractivity contribution is 0.558. The summed E-state index contributed by atoms with van der Waals surface area (Å²) in [5.41, 5.74) is 6.02. The average Bonchev–Trinajstić information content (AvgIpc) is 2.52. The summed E-state index contributed by atoms with van der Waals surface area (Å²) in [4.78, 5) is 11.9. The van der Waals surface area contributed by atoms with Crippen molar-refractivity contribution < 1.29 is 4.42 Å².